The smallest absolute Gasteiger partial charge is 0.0734 e. The molecule has 2 saturated heterocycles. The predicted octanol–water partition coefficient (Wildman–Crippen LogP) is 0.848. The van der Waals surface area contributed by atoms with Crippen LogP contribution in [0.1, 0.15) is 18.5 Å². The van der Waals surface area contributed by atoms with Crippen LogP contribution in [0.15, 0.2) is 24.4 Å². The Hall–Kier alpha value is -0.970. The van der Waals surface area contributed by atoms with Crippen LogP contribution in [0.4, 0.5) is 0 Å². The molecule has 2 fully saturated rings. The molecule has 0 spiro atoms. The zero-order valence-electron chi connectivity index (χ0n) is 10.7. The number of fused-ring (bicyclic) bond motifs is 2. The Kier molecular flexibility index (Phi) is 3.09. The van der Waals surface area contributed by atoms with Gasteiger partial charge < -0.3 is 9.84 Å². The fraction of sp³-hybridized carbons (Fsp3) is 0.643. The van der Waals surface area contributed by atoms with Crippen molar-refractivity contribution in [2.45, 2.75) is 36.9 Å². The lowest BCUT2D eigenvalue weighted by molar-refractivity contribution is -0.133. The van der Waals surface area contributed by atoms with Gasteiger partial charge in [0.15, 0.2) is 0 Å². The number of rotatable bonds is 2. The lowest BCUT2D eigenvalue weighted by atomic mass is 9.79. The Morgan fingerprint density at radius 2 is 2.11 bits per heavy atom. The van der Waals surface area contributed by atoms with E-state index in [1.54, 1.807) is 6.20 Å². The topological polar surface area (TPSA) is 45.6 Å². The molecule has 3 heterocycles. The average Bonchev–Trinajstić information content (AvgIpc) is 2.33. The molecule has 2 unspecified atom stereocenters. The number of aliphatic hydroxyl groups is 1. The predicted molar refractivity (Wildman–Crippen MR) is 68.3 cm³/mol. The average molecular weight is 248 g/mol. The minimum Gasteiger partial charge on any atom is -0.389 e. The number of hydrogen-bond acceptors (Lipinski definition) is 4. The summed E-state index contributed by atoms with van der Waals surface area (Å²) in [5.41, 5.74) is 0.350. The van der Waals surface area contributed by atoms with Gasteiger partial charge >= 0.3 is 0 Å². The first-order valence-electron chi connectivity index (χ1n) is 6.58. The molecule has 98 valence electrons. The van der Waals surface area contributed by atoms with Crippen molar-refractivity contribution in [2.75, 3.05) is 20.3 Å². The molecule has 2 aliphatic rings. The monoisotopic (exact) mass is 248 g/mol. The SMILES string of the molecule is CN1C2COCC1CC(O)(Cc1ccccn1)C2. The summed E-state index contributed by atoms with van der Waals surface area (Å²) in [6, 6.07) is 6.55. The van der Waals surface area contributed by atoms with Gasteiger partial charge in [0.05, 0.1) is 18.8 Å². The van der Waals surface area contributed by atoms with Crippen LogP contribution in [-0.4, -0.2) is 52.9 Å². The number of aromatic nitrogens is 1. The van der Waals surface area contributed by atoms with Gasteiger partial charge in [-0.2, -0.15) is 0 Å². The van der Waals surface area contributed by atoms with Crippen LogP contribution < -0.4 is 0 Å². The lowest BCUT2D eigenvalue weighted by Crippen LogP contribution is -2.60. The number of hydrogen-bond donors (Lipinski definition) is 1. The third-order valence-corrected chi connectivity index (χ3v) is 4.24. The van der Waals surface area contributed by atoms with Crippen molar-refractivity contribution in [1.29, 1.82) is 0 Å². The van der Waals surface area contributed by atoms with Crippen molar-refractivity contribution in [3.8, 4) is 0 Å². The van der Waals surface area contributed by atoms with Gasteiger partial charge in [-0.3, -0.25) is 9.88 Å². The first-order chi connectivity index (χ1) is 8.66. The van der Waals surface area contributed by atoms with Crippen LogP contribution in [0.5, 0.6) is 0 Å². The second-order valence-electron chi connectivity index (χ2n) is 5.64. The summed E-state index contributed by atoms with van der Waals surface area (Å²) in [6.45, 7) is 1.47. The highest BCUT2D eigenvalue weighted by molar-refractivity contribution is 5.10. The number of likely N-dealkylation sites (N-methyl/N-ethyl adjacent to an activating group) is 1. The van der Waals surface area contributed by atoms with Crippen LogP contribution in [0.3, 0.4) is 0 Å². The summed E-state index contributed by atoms with van der Waals surface area (Å²) in [5, 5.41) is 10.8. The number of pyridine rings is 1. The van der Waals surface area contributed by atoms with E-state index in [1.165, 1.54) is 0 Å². The first kappa shape index (κ1) is 12.1. The molecular formula is C14H20N2O2. The summed E-state index contributed by atoms with van der Waals surface area (Å²) >= 11 is 0. The number of nitrogens with zero attached hydrogens (tertiary/aromatic N) is 2. The largest absolute Gasteiger partial charge is 0.389 e. The summed E-state index contributed by atoms with van der Waals surface area (Å²) in [4.78, 5) is 6.68. The van der Waals surface area contributed by atoms with Gasteiger partial charge in [0, 0.05) is 30.4 Å². The minimum atomic E-state index is -0.625. The van der Waals surface area contributed by atoms with Gasteiger partial charge in [0.1, 0.15) is 0 Å². The van der Waals surface area contributed by atoms with Crippen molar-refractivity contribution < 1.29 is 9.84 Å². The standard InChI is InChI=1S/C14H20N2O2/c1-16-12-7-14(17,8-13(16)10-18-9-12)6-11-4-2-3-5-15-11/h2-5,12-13,17H,6-10H2,1H3. The minimum absolute atomic E-state index is 0.339. The zero-order chi connectivity index (χ0) is 12.6. The van der Waals surface area contributed by atoms with Crippen LogP contribution in [0.25, 0.3) is 0 Å². The first-order valence-corrected chi connectivity index (χ1v) is 6.58. The van der Waals surface area contributed by atoms with Gasteiger partial charge in [0.25, 0.3) is 0 Å². The molecule has 2 bridgehead atoms. The molecule has 0 aromatic carbocycles. The van der Waals surface area contributed by atoms with Gasteiger partial charge in [-0.25, -0.2) is 0 Å². The Balaban J connectivity index is 1.75. The quantitative estimate of drug-likeness (QED) is 0.843. The highest BCUT2D eigenvalue weighted by Crippen LogP contribution is 2.35. The van der Waals surface area contributed by atoms with Gasteiger partial charge in [-0.1, -0.05) is 6.07 Å². The van der Waals surface area contributed by atoms with Gasteiger partial charge in [-0.05, 0) is 32.0 Å². The van der Waals surface area contributed by atoms with Gasteiger partial charge in [-0.15, -0.1) is 0 Å². The molecule has 4 nitrogen and oxygen atoms in total. The molecule has 0 amide bonds. The molecule has 0 aliphatic carbocycles. The molecular weight excluding hydrogens is 228 g/mol. The maximum absolute atomic E-state index is 10.8. The Morgan fingerprint density at radius 3 is 2.72 bits per heavy atom. The van der Waals surface area contributed by atoms with Crippen molar-refractivity contribution in [2.24, 2.45) is 0 Å². The van der Waals surface area contributed by atoms with E-state index in [1.807, 2.05) is 18.2 Å². The molecule has 2 aliphatic heterocycles. The zero-order valence-corrected chi connectivity index (χ0v) is 10.7. The van der Waals surface area contributed by atoms with Crippen LogP contribution in [-0.2, 0) is 11.2 Å². The van der Waals surface area contributed by atoms with E-state index in [4.69, 9.17) is 4.74 Å². The van der Waals surface area contributed by atoms with E-state index in [0.717, 1.165) is 31.7 Å². The molecule has 0 radical (unpaired) electrons. The lowest BCUT2D eigenvalue weighted by Gasteiger charge is -2.50. The number of ether oxygens (including phenoxy) is 1. The van der Waals surface area contributed by atoms with Crippen LogP contribution >= 0.6 is 0 Å². The number of piperidine rings is 1. The summed E-state index contributed by atoms with van der Waals surface area (Å²) < 4.78 is 5.58. The Labute approximate surface area is 108 Å². The van der Waals surface area contributed by atoms with Crippen molar-refractivity contribution >= 4 is 0 Å². The number of morpholine rings is 1. The molecule has 4 heteroatoms. The highest BCUT2D eigenvalue weighted by Gasteiger charge is 2.44. The second-order valence-corrected chi connectivity index (χ2v) is 5.64. The fourth-order valence-corrected chi connectivity index (χ4v) is 3.22. The van der Waals surface area contributed by atoms with E-state index in [0.29, 0.717) is 18.5 Å². The summed E-state index contributed by atoms with van der Waals surface area (Å²) in [7, 11) is 2.14. The van der Waals surface area contributed by atoms with Crippen molar-refractivity contribution in [3.63, 3.8) is 0 Å². The van der Waals surface area contributed by atoms with E-state index in [9.17, 15) is 5.11 Å². The van der Waals surface area contributed by atoms with Crippen LogP contribution in [0, 0.1) is 0 Å². The van der Waals surface area contributed by atoms with Crippen molar-refractivity contribution in [3.05, 3.63) is 30.1 Å². The van der Waals surface area contributed by atoms with E-state index in [-0.39, 0.29) is 0 Å². The fourth-order valence-electron chi connectivity index (χ4n) is 3.22. The highest BCUT2D eigenvalue weighted by atomic mass is 16.5. The van der Waals surface area contributed by atoms with Gasteiger partial charge in [0.2, 0.25) is 0 Å². The third kappa shape index (κ3) is 2.28. The Morgan fingerprint density at radius 1 is 1.39 bits per heavy atom. The Bertz CT molecular complexity index is 396. The third-order valence-electron chi connectivity index (χ3n) is 4.24. The van der Waals surface area contributed by atoms with Crippen LogP contribution in [0.2, 0.25) is 0 Å². The summed E-state index contributed by atoms with van der Waals surface area (Å²) in [5.74, 6) is 0. The molecule has 1 aromatic heterocycles. The van der Waals surface area contributed by atoms with Crippen molar-refractivity contribution in [1.82, 2.24) is 9.88 Å². The maximum atomic E-state index is 10.8. The van der Waals surface area contributed by atoms with E-state index in [2.05, 4.69) is 16.9 Å². The van der Waals surface area contributed by atoms with E-state index < -0.39 is 5.60 Å². The van der Waals surface area contributed by atoms with E-state index >= 15 is 0 Å². The molecule has 0 saturated carbocycles. The maximum Gasteiger partial charge on any atom is 0.0734 e. The second kappa shape index (κ2) is 4.61. The molecule has 1 aromatic rings. The molecule has 18 heavy (non-hydrogen) atoms. The normalized spacial score (nSPS) is 36.6. The summed E-state index contributed by atoms with van der Waals surface area (Å²) in [6.07, 6.45) is 3.99. The molecule has 1 N–H and O–H groups in total. The molecule has 2 atom stereocenters. The molecule has 3 rings (SSSR count).